The topological polar surface area (TPSA) is 61.8 Å². The monoisotopic (exact) mass is 380 g/mol. The normalized spacial score (nSPS) is 16.4. The summed E-state index contributed by atoms with van der Waals surface area (Å²) in [5.74, 6) is -0.828. The van der Waals surface area contributed by atoms with Crippen molar-refractivity contribution < 1.29 is 23.8 Å². The lowest BCUT2D eigenvalue weighted by Crippen LogP contribution is -2.23. The first-order valence-corrected chi connectivity index (χ1v) is 8.33. The van der Waals surface area contributed by atoms with Crippen molar-refractivity contribution in [3.8, 4) is 5.75 Å². The first-order chi connectivity index (χ1) is 12.0. The van der Waals surface area contributed by atoms with Crippen LogP contribution in [0.1, 0.15) is 22.3 Å². The van der Waals surface area contributed by atoms with Gasteiger partial charge in [0.1, 0.15) is 17.9 Å². The average Bonchev–Trinajstić information content (AvgIpc) is 2.99. The van der Waals surface area contributed by atoms with Gasteiger partial charge in [-0.05, 0) is 24.3 Å². The Labute approximate surface area is 154 Å². The van der Waals surface area contributed by atoms with Crippen LogP contribution in [-0.4, -0.2) is 24.6 Å². The predicted molar refractivity (Wildman–Crippen MR) is 92.0 cm³/mol. The number of hydrogen-bond donors (Lipinski definition) is 0. The van der Waals surface area contributed by atoms with Crippen LogP contribution >= 0.6 is 23.2 Å². The molecule has 1 atom stereocenters. The van der Waals surface area contributed by atoms with E-state index in [1.165, 1.54) is 0 Å². The SMILES string of the molecule is O=C(O[C@@H]1CCOC1=O)c1ccccc1OCc1ccc(Cl)cc1Cl. The van der Waals surface area contributed by atoms with Crippen molar-refractivity contribution in [2.45, 2.75) is 19.1 Å². The van der Waals surface area contributed by atoms with Crippen LogP contribution < -0.4 is 4.74 Å². The summed E-state index contributed by atoms with van der Waals surface area (Å²) in [6, 6.07) is 11.7. The highest BCUT2D eigenvalue weighted by Crippen LogP contribution is 2.25. The van der Waals surface area contributed by atoms with E-state index in [-0.39, 0.29) is 18.8 Å². The van der Waals surface area contributed by atoms with E-state index in [0.717, 1.165) is 5.56 Å². The Morgan fingerprint density at radius 1 is 1.20 bits per heavy atom. The molecule has 2 aromatic rings. The molecule has 1 aliphatic heterocycles. The zero-order valence-electron chi connectivity index (χ0n) is 13.0. The van der Waals surface area contributed by atoms with E-state index in [4.69, 9.17) is 37.4 Å². The number of carbonyl (C=O) groups excluding carboxylic acids is 2. The summed E-state index contributed by atoms with van der Waals surface area (Å²) in [4.78, 5) is 23.8. The third-order valence-corrected chi connectivity index (χ3v) is 4.23. The Hall–Kier alpha value is -2.24. The van der Waals surface area contributed by atoms with E-state index in [1.807, 2.05) is 0 Å². The van der Waals surface area contributed by atoms with Crippen molar-refractivity contribution in [3.63, 3.8) is 0 Å². The molecule has 130 valence electrons. The molecule has 7 heteroatoms. The third-order valence-electron chi connectivity index (χ3n) is 3.64. The number of para-hydroxylation sites is 1. The second-order valence-electron chi connectivity index (χ2n) is 5.37. The fourth-order valence-electron chi connectivity index (χ4n) is 2.33. The molecule has 0 bridgehead atoms. The first kappa shape index (κ1) is 17.6. The van der Waals surface area contributed by atoms with Gasteiger partial charge in [0.25, 0.3) is 0 Å². The van der Waals surface area contributed by atoms with Gasteiger partial charge in [-0.25, -0.2) is 9.59 Å². The van der Waals surface area contributed by atoms with E-state index in [9.17, 15) is 9.59 Å². The number of carbonyl (C=O) groups is 2. The Morgan fingerprint density at radius 3 is 2.72 bits per heavy atom. The van der Waals surface area contributed by atoms with E-state index in [2.05, 4.69) is 0 Å². The van der Waals surface area contributed by atoms with Crippen molar-refractivity contribution in [2.75, 3.05) is 6.61 Å². The second kappa shape index (κ2) is 7.76. The number of benzene rings is 2. The summed E-state index contributed by atoms with van der Waals surface area (Å²) < 4.78 is 15.7. The lowest BCUT2D eigenvalue weighted by Gasteiger charge is -2.13. The maximum atomic E-state index is 12.3. The van der Waals surface area contributed by atoms with Gasteiger partial charge in [0.15, 0.2) is 0 Å². The van der Waals surface area contributed by atoms with Crippen molar-refractivity contribution in [2.24, 2.45) is 0 Å². The van der Waals surface area contributed by atoms with E-state index in [1.54, 1.807) is 42.5 Å². The van der Waals surface area contributed by atoms with Gasteiger partial charge in [0.05, 0.1) is 6.61 Å². The molecule has 1 fully saturated rings. The van der Waals surface area contributed by atoms with Crippen LogP contribution in [0.2, 0.25) is 10.0 Å². The van der Waals surface area contributed by atoms with Crippen molar-refractivity contribution in [1.29, 1.82) is 0 Å². The molecule has 0 amide bonds. The van der Waals surface area contributed by atoms with Crippen molar-refractivity contribution >= 4 is 35.1 Å². The van der Waals surface area contributed by atoms with Gasteiger partial charge in [0, 0.05) is 22.0 Å². The third kappa shape index (κ3) is 4.24. The highest BCUT2D eigenvalue weighted by Gasteiger charge is 2.31. The summed E-state index contributed by atoms with van der Waals surface area (Å²) in [7, 11) is 0. The molecule has 1 heterocycles. The number of rotatable bonds is 5. The molecule has 25 heavy (non-hydrogen) atoms. The van der Waals surface area contributed by atoms with Crippen LogP contribution in [-0.2, 0) is 20.9 Å². The highest BCUT2D eigenvalue weighted by molar-refractivity contribution is 6.35. The fourth-order valence-corrected chi connectivity index (χ4v) is 2.80. The first-order valence-electron chi connectivity index (χ1n) is 7.58. The van der Waals surface area contributed by atoms with Gasteiger partial charge >= 0.3 is 11.9 Å². The van der Waals surface area contributed by atoms with Gasteiger partial charge in [-0.3, -0.25) is 0 Å². The molecule has 0 aromatic heterocycles. The lowest BCUT2D eigenvalue weighted by molar-refractivity contribution is -0.145. The van der Waals surface area contributed by atoms with Gasteiger partial charge in [0.2, 0.25) is 6.10 Å². The molecule has 0 saturated carbocycles. The van der Waals surface area contributed by atoms with Crippen molar-refractivity contribution in [3.05, 3.63) is 63.6 Å². The number of hydrogen-bond acceptors (Lipinski definition) is 5. The van der Waals surface area contributed by atoms with Crippen LogP contribution in [0.5, 0.6) is 5.75 Å². The maximum absolute atomic E-state index is 12.3. The summed E-state index contributed by atoms with van der Waals surface area (Å²) in [5, 5.41) is 1.00. The second-order valence-corrected chi connectivity index (χ2v) is 6.21. The summed E-state index contributed by atoms with van der Waals surface area (Å²) in [6.45, 7) is 0.412. The van der Waals surface area contributed by atoms with Gasteiger partial charge < -0.3 is 14.2 Å². The zero-order valence-corrected chi connectivity index (χ0v) is 14.5. The van der Waals surface area contributed by atoms with Gasteiger partial charge in [-0.15, -0.1) is 0 Å². The van der Waals surface area contributed by atoms with Crippen LogP contribution in [0.4, 0.5) is 0 Å². The fraction of sp³-hybridized carbons (Fsp3) is 0.222. The molecule has 0 aliphatic carbocycles. The maximum Gasteiger partial charge on any atom is 0.347 e. The number of esters is 2. The molecule has 1 saturated heterocycles. The average molecular weight is 381 g/mol. The Bertz CT molecular complexity index is 806. The standard InChI is InChI=1S/C18H14Cl2O5/c19-12-6-5-11(14(20)9-12)10-24-15-4-2-1-3-13(15)17(21)25-16-7-8-23-18(16)22/h1-6,9,16H,7-8,10H2/t16-/m1/s1. The Morgan fingerprint density at radius 2 is 2.00 bits per heavy atom. The molecule has 3 rings (SSSR count). The van der Waals surface area contributed by atoms with Crippen LogP contribution in [0, 0.1) is 0 Å². The van der Waals surface area contributed by atoms with Crippen LogP contribution in [0.25, 0.3) is 0 Å². The predicted octanol–water partition coefficient (Wildman–Crippen LogP) is 4.04. The van der Waals surface area contributed by atoms with Crippen molar-refractivity contribution in [1.82, 2.24) is 0 Å². The van der Waals surface area contributed by atoms with E-state index in [0.29, 0.717) is 22.2 Å². The molecular weight excluding hydrogens is 367 g/mol. The Kier molecular flexibility index (Phi) is 5.46. The quantitative estimate of drug-likeness (QED) is 0.732. The minimum atomic E-state index is -0.869. The van der Waals surface area contributed by atoms with E-state index >= 15 is 0 Å². The minimum absolute atomic E-state index is 0.158. The molecule has 0 spiro atoms. The minimum Gasteiger partial charge on any atom is -0.488 e. The molecule has 0 N–H and O–H groups in total. The smallest absolute Gasteiger partial charge is 0.347 e. The van der Waals surface area contributed by atoms with Crippen LogP contribution in [0.15, 0.2) is 42.5 Å². The summed E-state index contributed by atoms with van der Waals surface area (Å²) in [5.41, 5.74) is 0.959. The highest BCUT2D eigenvalue weighted by atomic mass is 35.5. The molecule has 0 radical (unpaired) electrons. The van der Waals surface area contributed by atoms with Gasteiger partial charge in [-0.1, -0.05) is 41.4 Å². The van der Waals surface area contributed by atoms with E-state index < -0.39 is 18.0 Å². The zero-order chi connectivity index (χ0) is 17.8. The molecule has 0 unspecified atom stereocenters. The number of halogens is 2. The summed E-state index contributed by atoms with van der Waals surface area (Å²) >= 11 is 12.0. The van der Waals surface area contributed by atoms with Crippen LogP contribution in [0.3, 0.4) is 0 Å². The largest absolute Gasteiger partial charge is 0.488 e. The molecule has 2 aromatic carbocycles. The number of ether oxygens (including phenoxy) is 3. The summed E-state index contributed by atoms with van der Waals surface area (Å²) in [6.07, 6.45) is -0.514. The lowest BCUT2D eigenvalue weighted by atomic mass is 10.2. The molecule has 1 aliphatic rings. The molecule has 5 nitrogen and oxygen atoms in total. The molecular formula is C18H14Cl2O5. The Balaban J connectivity index is 1.72. The van der Waals surface area contributed by atoms with Gasteiger partial charge in [-0.2, -0.15) is 0 Å². The number of cyclic esters (lactones) is 1.